The highest BCUT2D eigenvalue weighted by Crippen LogP contribution is 2.23. The summed E-state index contributed by atoms with van der Waals surface area (Å²) in [4.78, 5) is 34.9. The van der Waals surface area contributed by atoms with E-state index in [2.05, 4.69) is 81.2 Å². The van der Waals surface area contributed by atoms with E-state index in [1.54, 1.807) is 114 Å². The third-order valence-corrected chi connectivity index (χ3v) is 9.95. The summed E-state index contributed by atoms with van der Waals surface area (Å²) in [5.41, 5.74) is 10.1. The van der Waals surface area contributed by atoms with Gasteiger partial charge in [-0.15, -0.1) is 12.4 Å². The van der Waals surface area contributed by atoms with Crippen molar-refractivity contribution in [2.45, 2.75) is 52.3 Å². The molecule has 0 bridgehead atoms. The molecule has 0 saturated carbocycles. The molecule has 382 valence electrons. The molecule has 0 aliphatic rings. The van der Waals surface area contributed by atoms with Crippen molar-refractivity contribution >= 4 is 24.3 Å². The van der Waals surface area contributed by atoms with Crippen LogP contribution in [0.1, 0.15) is 97.6 Å². The Bertz CT molecular complexity index is 3400. The molecule has 8 aromatic rings. The van der Waals surface area contributed by atoms with Gasteiger partial charge in [-0.25, -0.2) is 18.0 Å². The molecule has 0 aliphatic carbocycles. The van der Waals surface area contributed by atoms with Crippen molar-refractivity contribution < 1.29 is 37.0 Å². The minimum atomic E-state index is -0.603. The van der Waals surface area contributed by atoms with E-state index in [-0.39, 0.29) is 47.6 Å². The van der Waals surface area contributed by atoms with E-state index >= 15 is 0 Å². The second-order valence-electron chi connectivity index (χ2n) is 16.8. The molecule has 2 unspecified atom stereocenters. The minimum absolute atomic E-state index is 0. The van der Waals surface area contributed by atoms with Gasteiger partial charge in [0.15, 0.2) is 5.84 Å². The maximum Gasteiger partial charge on any atom is 0.410 e. The zero-order valence-corrected chi connectivity index (χ0v) is 42.3. The lowest BCUT2D eigenvalue weighted by Crippen LogP contribution is -2.35. The van der Waals surface area contributed by atoms with E-state index in [1.807, 2.05) is 20.0 Å². The third kappa shape index (κ3) is 17.4. The summed E-state index contributed by atoms with van der Waals surface area (Å²) in [5.74, 6) is 17.8. The fourth-order valence-corrected chi connectivity index (χ4v) is 5.81. The molecule has 8 rings (SSSR count). The number of amidine groups is 1. The maximum atomic E-state index is 13.2. The van der Waals surface area contributed by atoms with Crippen LogP contribution in [0.3, 0.4) is 0 Å². The number of nitrogens with one attached hydrogen (secondary N) is 1. The van der Waals surface area contributed by atoms with Crippen LogP contribution in [0.2, 0.25) is 0 Å². The summed E-state index contributed by atoms with van der Waals surface area (Å²) >= 11 is 0. The number of aromatic nitrogens is 7. The average molecular weight is 1040 g/mol. The van der Waals surface area contributed by atoms with Gasteiger partial charge in [0.05, 0.1) is 6.04 Å². The van der Waals surface area contributed by atoms with Gasteiger partial charge in [-0.3, -0.25) is 19.9 Å². The highest BCUT2D eigenvalue weighted by molar-refractivity contribution is 5.95. The molecule has 2 atom stereocenters. The van der Waals surface area contributed by atoms with Gasteiger partial charge in [0.1, 0.15) is 46.2 Å². The van der Waals surface area contributed by atoms with Crippen LogP contribution in [0.25, 0.3) is 23.0 Å². The van der Waals surface area contributed by atoms with Crippen molar-refractivity contribution in [2.75, 3.05) is 14.1 Å². The van der Waals surface area contributed by atoms with E-state index in [0.29, 0.717) is 62.4 Å². The predicted molar refractivity (Wildman–Crippen MR) is 276 cm³/mol. The smallest absolute Gasteiger partial charge is 0.410 e. The Balaban J connectivity index is 0.000000213. The van der Waals surface area contributed by atoms with Crippen LogP contribution in [0.5, 0.6) is 0 Å². The minimum Gasteiger partial charge on any atom is -0.444 e. The SMILES string of the molecule is CC(c1nc(-c2ccc(C#Cc3cccc(F)c3)cn2)no1)N(C)C(=O)OC(C)(C)C.CNC(C)c1nc(-c2ccc(C#Cc3cccc(F)c3)cn2)no1.Cl.N/C(=N\O)c1ccc(C#Cc2cccc(F)c2)cn1. The van der Waals surface area contributed by atoms with Crippen molar-refractivity contribution in [3.63, 3.8) is 0 Å². The van der Waals surface area contributed by atoms with Crippen molar-refractivity contribution in [2.24, 2.45) is 10.9 Å². The molecule has 0 aliphatic heterocycles. The molecule has 5 heterocycles. The van der Waals surface area contributed by atoms with E-state index in [4.69, 9.17) is 24.7 Å². The number of halogens is 4. The fraction of sp³-hybridized carbons (Fsp3) is 0.182. The Morgan fingerprint density at radius 3 is 1.45 bits per heavy atom. The second-order valence-corrected chi connectivity index (χ2v) is 16.8. The molecule has 5 aromatic heterocycles. The molecule has 3 aromatic carbocycles. The van der Waals surface area contributed by atoms with Crippen molar-refractivity contribution in [1.82, 2.24) is 45.4 Å². The maximum absolute atomic E-state index is 13.2. The van der Waals surface area contributed by atoms with Gasteiger partial charge in [-0.1, -0.05) is 69.2 Å². The van der Waals surface area contributed by atoms with Crippen LogP contribution in [0.4, 0.5) is 18.0 Å². The van der Waals surface area contributed by atoms with Crippen molar-refractivity contribution in [3.8, 4) is 58.6 Å². The van der Waals surface area contributed by atoms with E-state index in [1.165, 1.54) is 47.5 Å². The van der Waals surface area contributed by atoms with Crippen LogP contribution in [-0.2, 0) is 4.74 Å². The predicted octanol–water partition coefficient (Wildman–Crippen LogP) is 9.69. The average Bonchev–Trinajstić information content (AvgIpc) is 4.11. The number of hydrogen-bond donors (Lipinski definition) is 3. The number of nitrogens with two attached hydrogens (primary N) is 1. The fourth-order valence-electron chi connectivity index (χ4n) is 5.81. The molecule has 0 spiro atoms. The summed E-state index contributed by atoms with van der Waals surface area (Å²) in [5, 5.41) is 22.2. The van der Waals surface area contributed by atoms with Crippen LogP contribution in [0.15, 0.2) is 142 Å². The molecular weight excluding hydrogens is 987 g/mol. The van der Waals surface area contributed by atoms with Gasteiger partial charge in [-0.2, -0.15) is 9.97 Å². The Morgan fingerprint density at radius 2 is 1.08 bits per heavy atom. The summed E-state index contributed by atoms with van der Waals surface area (Å²) < 4.78 is 55.1. The lowest BCUT2D eigenvalue weighted by Gasteiger charge is -2.26. The number of ether oxygens (including phenoxy) is 1. The summed E-state index contributed by atoms with van der Waals surface area (Å²) in [6.45, 7) is 9.08. The number of pyridine rings is 3. The molecular formula is C55H49ClF3N11O5. The monoisotopic (exact) mass is 1040 g/mol. The molecule has 0 fully saturated rings. The molecule has 0 radical (unpaired) electrons. The summed E-state index contributed by atoms with van der Waals surface area (Å²) in [6.07, 6.45) is 4.21. The van der Waals surface area contributed by atoms with E-state index < -0.39 is 17.7 Å². The Labute approximate surface area is 437 Å². The third-order valence-electron chi connectivity index (χ3n) is 9.95. The molecule has 0 saturated heterocycles. The second kappa shape index (κ2) is 26.9. The van der Waals surface area contributed by atoms with Gasteiger partial charge in [0.2, 0.25) is 23.4 Å². The lowest BCUT2D eigenvalue weighted by molar-refractivity contribution is 0.0207. The van der Waals surface area contributed by atoms with Crippen molar-refractivity contribution in [1.29, 1.82) is 0 Å². The number of carbonyl (C=O) groups is 1. The molecule has 4 N–H and O–H groups in total. The zero-order chi connectivity index (χ0) is 53.2. The summed E-state index contributed by atoms with van der Waals surface area (Å²) in [7, 11) is 3.42. The Hall–Kier alpha value is -9.35. The lowest BCUT2D eigenvalue weighted by atomic mass is 10.2. The van der Waals surface area contributed by atoms with Crippen LogP contribution >= 0.6 is 12.4 Å². The molecule has 1 amide bonds. The molecule has 75 heavy (non-hydrogen) atoms. The zero-order valence-electron chi connectivity index (χ0n) is 41.5. The first kappa shape index (κ1) is 56.6. The summed E-state index contributed by atoms with van der Waals surface area (Å²) in [6, 6.07) is 28.1. The highest BCUT2D eigenvalue weighted by atomic mass is 35.5. The van der Waals surface area contributed by atoms with Crippen LogP contribution < -0.4 is 11.1 Å². The van der Waals surface area contributed by atoms with Crippen LogP contribution in [0, 0.1) is 53.0 Å². The molecule has 20 heteroatoms. The number of amides is 1. The quantitative estimate of drug-likeness (QED) is 0.0445. The first-order valence-electron chi connectivity index (χ1n) is 22.5. The topological polar surface area (TPSA) is 217 Å². The van der Waals surface area contributed by atoms with Gasteiger partial charge in [0, 0.05) is 59.0 Å². The van der Waals surface area contributed by atoms with Gasteiger partial charge < -0.3 is 30.0 Å². The number of benzene rings is 3. The Morgan fingerprint density at radius 1 is 0.667 bits per heavy atom. The standard InChI is InChI=1S/C23H23FN4O3.C18H15FN4O.C14H10FN3O.ClH/c1-15(28(5)22(29)30-23(2,3)4)21-26-20(27-31-21)19-12-11-17(14-25-19)10-9-16-7-6-8-18(24)13-16;1-12(20-2)18-22-17(23-24-18)16-9-8-14(11-21-16)7-6-13-4-3-5-15(19)10-13;15-12-3-1-2-10(8-12)4-5-11-6-7-13(17-9-11)14(16)18-19;/h6-8,11-15H,1-5H3;3-5,8-12,20H,1-2H3;1-3,6-9,19H,(H2,16,18);1H. The van der Waals surface area contributed by atoms with Gasteiger partial charge in [0.25, 0.3) is 0 Å². The Kier molecular flexibility index (Phi) is 20.3. The first-order valence-corrected chi connectivity index (χ1v) is 22.5. The van der Waals surface area contributed by atoms with E-state index in [0.717, 1.165) is 5.56 Å². The first-order chi connectivity index (χ1) is 35.5. The number of hydrogen-bond acceptors (Lipinski definition) is 14. The normalized spacial score (nSPS) is 11.4. The largest absolute Gasteiger partial charge is 0.444 e. The number of oxime groups is 1. The van der Waals surface area contributed by atoms with Gasteiger partial charge >= 0.3 is 6.09 Å². The van der Waals surface area contributed by atoms with E-state index in [9.17, 15) is 18.0 Å². The van der Waals surface area contributed by atoms with Gasteiger partial charge in [-0.05, 0) is 133 Å². The number of carbonyl (C=O) groups excluding carboxylic acids is 1. The highest BCUT2D eigenvalue weighted by Gasteiger charge is 2.27. The number of rotatable bonds is 7. The van der Waals surface area contributed by atoms with Crippen LogP contribution in [-0.4, -0.2) is 77.0 Å². The van der Waals surface area contributed by atoms with Crippen molar-refractivity contribution in [3.05, 3.63) is 196 Å². The molecule has 16 nitrogen and oxygen atoms in total. The number of nitrogens with zero attached hydrogens (tertiary/aromatic N) is 9.